The minimum Gasteiger partial charge on any atom is -0.398 e. The van der Waals surface area contributed by atoms with Gasteiger partial charge in [0.1, 0.15) is 6.54 Å². The molecule has 1 rings (SSSR count). The lowest BCUT2D eigenvalue weighted by Gasteiger charge is -2.11. The van der Waals surface area contributed by atoms with Crippen LogP contribution in [0.3, 0.4) is 0 Å². The topological polar surface area (TPSA) is 97.3 Å². The Hall–Kier alpha value is -1.82. The van der Waals surface area contributed by atoms with Gasteiger partial charge in [0, 0.05) is 24.0 Å². The molecular weight excluding hydrogens is 210 g/mol. The van der Waals surface area contributed by atoms with E-state index in [2.05, 4.69) is 5.32 Å². The van der Waals surface area contributed by atoms with Crippen LogP contribution >= 0.6 is 0 Å². The molecule has 0 spiro atoms. The zero-order valence-corrected chi connectivity index (χ0v) is 9.01. The number of nitrogens with two attached hydrogens (primary N) is 1. The molecule has 0 radical (unpaired) electrons. The molecule has 1 aromatic heterocycles. The van der Waals surface area contributed by atoms with E-state index < -0.39 is 0 Å². The quantitative estimate of drug-likeness (QED) is 0.607. The Morgan fingerprint density at radius 1 is 1.62 bits per heavy atom. The first-order valence-electron chi connectivity index (χ1n) is 4.89. The number of hydrogen-bond acceptors (Lipinski definition) is 4. The Morgan fingerprint density at radius 2 is 2.31 bits per heavy atom. The average Bonchev–Trinajstić information content (AvgIpc) is 2.23. The van der Waals surface area contributed by atoms with Crippen molar-refractivity contribution < 1.29 is 9.90 Å². The smallest absolute Gasteiger partial charge is 0.251 e. The Kier molecular flexibility index (Phi) is 4.07. The van der Waals surface area contributed by atoms with Gasteiger partial charge in [-0.05, 0) is 13.0 Å². The van der Waals surface area contributed by atoms with Gasteiger partial charge in [-0.1, -0.05) is 0 Å². The second-order valence-electron chi connectivity index (χ2n) is 3.58. The summed E-state index contributed by atoms with van der Waals surface area (Å²) in [5.41, 5.74) is 5.63. The summed E-state index contributed by atoms with van der Waals surface area (Å²) in [6.07, 6.45) is 1.41. The first-order valence-corrected chi connectivity index (χ1v) is 4.89. The molecule has 0 aliphatic rings. The van der Waals surface area contributed by atoms with Crippen molar-refractivity contribution in [1.29, 1.82) is 0 Å². The molecule has 0 saturated heterocycles. The number of carbonyl (C=O) groups excluding carboxylic acids is 1. The highest BCUT2D eigenvalue weighted by Gasteiger charge is 2.07. The monoisotopic (exact) mass is 225 g/mol. The lowest BCUT2D eigenvalue weighted by atomic mass is 10.3. The Labute approximate surface area is 92.7 Å². The van der Waals surface area contributed by atoms with Gasteiger partial charge in [0.2, 0.25) is 5.91 Å². The van der Waals surface area contributed by atoms with Crippen LogP contribution in [-0.2, 0) is 11.3 Å². The second kappa shape index (κ2) is 5.32. The van der Waals surface area contributed by atoms with Crippen LogP contribution in [0.5, 0.6) is 0 Å². The number of aliphatic hydroxyl groups is 1. The van der Waals surface area contributed by atoms with Gasteiger partial charge in [-0.2, -0.15) is 0 Å². The van der Waals surface area contributed by atoms with Gasteiger partial charge in [-0.3, -0.25) is 9.59 Å². The number of anilines is 1. The number of nitrogens with one attached hydrogen (secondary N) is 1. The molecule has 1 aromatic rings. The molecule has 0 aliphatic heterocycles. The van der Waals surface area contributed by atoms with E-state index in [1.54, 1.807) is 6.92 Å². The predicted molar refractivity (Wildman–Crippen MR) is 59.8 cm³/mol. The molecule has 0 fully saturated rings. The number of nitrogens with zero attached hydrogens (tertiary/aromatic N) is 1. The fraction of sp³-hybridized carbons (Fsp3) is 0.400. The van der Waals surface area contributed by atoms with E-state index in [0.29, 0.717) is 5.69 Å². The van der Waals surface area contributed by atoms with E-state index in [1.165, 1.54) is 22.9 Å². The third-order valence-corrected chi connectivity index (χ3v) is 2.00. The fourth-order valence-corrected chi connectivity index (χ4v) is 1.19. The number of nitrogen functional groups attached to an aromatic ring is 1. The SMILES string of the molecule is C[C@@H](CO)NC(=O)Cn1cc(N)ccc1=O. The maximum atomic E-state index is 11.4. The Balaban J connectivity index is 2.69. The van der Waals surface area contributed by atoms with Gasteiger partial charge in [0.15, 0.2) is 0 Å². The van der Waals surface area contributed by atoms with Crippen LogP contribution in [0.2, 0.25) is 0 Å². The maximum absolute atomic E-state index is 11.4. The zero-order chi connectivity index (χ0) is 12.1. The van der Waals surface area contributed by atoms with Crippen LogP contribution in [0, 0.1) is 0 Å². The predicted octanol–water partition coefficient (Wildman–Crippen LogP) is -1.07. The summed E-state index contributed by atoms with van der Waals surface area (Å²) in [5, 5.41) is 11.3. The molecule has 0 saturated carbocycles. The molecule has 16 heavy (non-hydrogen) atoms. The van der Waals surface area contributed by atoms with E-state index >= 15 is 0 Å². The molecule has 0 aromatic carbocycles. The van der Waals surface area contributed by atoms with Gasteiger partial charge in [-0.15, -0.1) is 0 Å². The van der Waals surface area contributed by atoms with Crippen LogP contribution in [-0.4, -0.2) is 28.2 Å². The summed E-state index contributed by atoms with van der Waals surface area (Å²) in [5.74, 6) is -0.339. The largest absolute Gasteiger partial charge is 0.398 e. The van der Waals surface area contributed by atoms with Crippen LogP contribution in [0.15, 0.2) is 23.1 Å². The van der Waals surface area contributed by atoms with Gasteiger partial charge < -0.3 is 20.7 Å². The molecule has 1 amide bonds. The Morgan fingerprint density at radius 3 is 2.94 bits per heavy atom. The molecule has 6 nitrogen and oxygen atoms in total. The number of hydrogen-bond donors (Lipinski definition) is 3. The van der Waals surface area contributed by atoms with Crippen LogP contribution in [0.4, 0.5) is 5.69 Å². The maximum Gasteiger partial charge on any atom is 0.251 e. The number of aromatic nitrogens is 1. The van der Waals surface area contributed by atoms with E-state index in [1.807, 2.05) is 0 Å². The van der Waals surface area contributed by atoms with Crippen LogP contribution < -0.4 is 16.6 Å². The number of amides is 1. The van der Waals surface area contributed by atoms with Crippen molar-refractivity contribution in [3.8, 4) is 0 Å². The lowest BCUT2D eigenvalue weighted by Crippen LogP contribution is -2.38. The van der Waals surface area contributed by atoms with Crippen molar-refractivity contribution in [2.45, 2.75) is 19.5 Å². The van der Waals surface area contributed by atoms with Crippen molar-refractivity contribution in [3.05, 3.63) is 28.7 Å². The summed E-state index contributed by atoms with van der Waals surface area (Å²) < 4.78 is 1.22. The minimum absolute atomic E-state index is 0.103. The molecule has 1 heterocycles. The summed E-state index contributed by atoms with van der Waals surface area (Å²) in [6, 6.07) is 2.45. The number of pyridine rings is 1. The van der Waals surface area contributed by atoms with Crippen molar-refractivity contribution in [2.75, 3.05) is 12.3 Å². The first-order chi connectivity index (χ1) is 7.52. The van der Waals surface area contributed by atoms with E-state index in [4.69, 9.17) is 10.8 Å². The van der Waals surface area contributed by atoms with Crippen molar-refractivity contribution >= 4 is 11.6 Å². The molecule has 6 heteroatoms. The zero-order valence-electron chi connectivity index (χ0n) is 9.01. The molecule has 4 N–H and O–H groups in total. The fourth-order valence-electron chi connectivity index (χ4n) is 1.19. The van der Waals surface area contributed by atoms with E-state index in [-0.39, 0.29) is 30.7 Å². The number of carbonyl (C=O) groups is 1. The van der Waals surface area contributed by atoms with Gasteiger partial charge in [-0.25, -0.2) is 0 Å². The molecule has 0 bridgehead atoms. The highest BCUT2D eigenvalue weighted by Crippen LogP contribution is 1.95. The highest BCUT2D eigenvalue weighted by molar-refractivity contribution is 5.76. The standard InChI is InChI=1S/C10H15N3O3/c1-7(6-14)12-9(15)5-13-4-8(11)2-3-10(13)16/h2-4,7,14H,5-6,11H2,1H3,(H,12,15)/t7-/m0/s1. The Bertz CT molecular complexity index is 428. The van der Waals surface area contributed by atoms with E-state index in [0.717, 1.165) is 0 Å². The normalized spacial score (nSPS) is 12.1. The molecular formula is C10H15N3O3. The first kappa shape index (κ1) is 12.3. The highest BCUT2D eigenvalue weighted by atomic mass is 16.3. The lowest BCUT2D eigenvalue weighted by molar-refractivity contribution is -0.122. The summed E-state index contributed by atoms with van der Waals surface area (Å²) in [6.45, 7) is 1.42. The summed E-state index contributed by atoms with van der Waals surface area (Å²) >= 11 is 0. The van der Waals surface area contributed by atoms with Crippen molar-refractivity contribution in [2.24, 2.45) is 0 Å². The van der Waals surface area contributed by atoms with Crippen molar-refractivity contribution in [1.82, 2.24) is 9.88 Å². The summed E-state index contributed by atoms with van der Waals surface area (Å²) in [4.78, 5) is 22.8. The molecule has 0 unspecified atom stereocenters. The van der Waals surface area contributed by atoms with Crippen molar-refractivity contribution in [3.63, 3.8) is 0 Å². The number of aliphatic hydroxyl groups excluding tert-OH is 1. The molecule has 1 atom stereocenters. The minimum atomic E-state index is -0.339. The third kappa shape index (κ3) is 3.39. The average molecular weight is 225 g/mol. The second-order valence-corrected chi connectivity index (χ2v) is 3.58. The summed E-state index contributed by atoms with van der Waals surface area (Å²) in [7, 11) is 0. The van der Waals surface area contributed by atoms with Gasteiger partial charge >= 0.3 is 0 Å². The van der Waals surface area contributed by atoms with Gasteiger partial charge in [0.25, 0.3) is 5.56 Å². The van der Waals surface area contributed by atoms with Gasteiger partial charge in [0.05, 0.1) is 6.61 Å². The molecule has 0 aliphatic carbocycles. The van der Waals surface area contributed by atoms with Crippen LogP contribution in [0.25, 0.3) is 0 Å². The van der Waals surface area contributed by atoms with E-state index in [9.17, 15) is 9.59 Å². The van der Waals surface area contributed by atoms with Crippen LogP contribution in [0.1, 0.15) is 6.92 Å². The third-order valence-electron chi connectivity index (χ3n) is 2.00. The number of rotatable bonds is 4. The molecule has 88 valence electrons.